The lowest BCUT2D eigenvalue weighted by atomic mass is 9.86. The molecule has 0 aliphatic rings. The zero-order chi connectivity index (χ0) is 22.0. The van der Waals surface area contributed by atoms with Gasteiger partial charge in [0.2, 0.25) is 0 Å². The van der Waals surface area contributed by atoms with Crippen LogP contribution < -0.4 is 0 Å². The van der Waals surface area contributed by atoms with Crippen LogP contribution in [0.3, 0.4) is 0 Å². The molecule has 0 radical (unpaired) electrons. The van der Waals surface area contributed by atoms with Crippen LogP contribution in [0.15, 0.2) is 53.0 Å². The summed E-state index contributed by atoms with van der Waals surface area (Å²) in [4.78, 5) is 25.5. The topological polar surface area (TPSA) is 40.6 Å². The molecule has 8 heteroatoms. The first-order valence-corrected chi connectivity index (χ1v) is 10.7. The fraction of sp³-hybridized carbons (Fsp3) is 0.364. The molecule has 0 fully saturated rings. The molecule has 0 heterocycles. The van der Waals surface area contributed by atoms with Gasteiger partial charge in [0.05, 0.1) is 11.1 Å². The van der Waals surface area contributed by atoms with Gasteiger partial charge in [0, 0.05) is 40.0 Å². The number of ketones is 1. The van der Waals surface area contributed by atoms with E-state index in [0.717, 1.165) is 14.6 Å². The van der Waals surface area contributed by atoms with Crippen LogP contribution in [-0.2, 0) is 5.41 Å². The standard InChI is InChI=1S/C22H25BrCl2N2O2.ClH/c1-21(2,3)16-12-10-15(11-13-16)19(28)14-22(4,5)27(25)26(24)20(29)17-8-6-7-9-18(17)23;/h6-13H,14H2,1-5H3;1H. The molecule has 0 unspecified atom stereocenters. The molecule has 0 aliphatic carbocycles. The summed E-state index contributed by atoms with van der Waals surface area (Å²) in [5.74, 6) is -0.580. The molecule has 0 saturated carbocycles. The first-order valence-electron chi connectivity index (χ1n) is 9.19. The highest BCUT2D eigenvalue weighted by Gasteiger charge is 2.36. The number of hydrazine groups is 1. The molecule has 2 rings (SSSR count). The maximum Gasteiger partial charge on any atom is 0.285 e. The van der Waals surface area contributed by atoms with E-state index in [-0.39, 0.29) is 30.0 Å². The maximum absolute atomic E-state index is 12.8. The molecule has 2 aromatic rings. The minimum Gasteiger partial charge on any atom is -0.294 e. The monoisotopic (exact) mass is 534 g/mol. The Labute approximate surface area is 203 Å². The van der Waals surface area contributed by atoms with E-state index in [0.29, 0.717) is 15.6 Å². The van der Waals surface area contributed by atoms with Gasteiger partial charge < -0.3 is 0 Å². The summed E-state index contributed by atoms with van der Waals surface area (Å²) >= 11 is 15.9. The van der Waals surface area contributed by atoms with E-state index in [1.54, 1.807) is 38.1 Å². The van der Waals surface area contributed by atoms with Gasteiger partial charge in [0.1, 0.15) is 0 Å². The van der Waals surface area contributed by atoms with E-state index in [4.69, 9.17) is 23.6 Å². The number of benzene rings is 2. The summed E-state index contributed by atoms with van der Waals surface area (Å²) in [5.41, 5.74) is 1.22. The smallest absolute Gasteiger partial charge is 0.285 e. The van der Waals surface area contributed by atoms with Crippen molar-refractivity contribution in [3.8, 4) is 0 Å². The summed E-state index contributed by atoms with van der Waals surface area (Å²) in [5, 5.41) is 0. The van der Waals surface area contributed by atoms with Crippen molar-refractivity contribution in [2.45, 2.75) is 52.0 Å². The Morgan fingerprint density at radius 3 is 1.97 bits per heavy atom. The van der Waals surface area contributed by atoms with Crippen molar-refractivity contribution in [3.05, 3.63) is 69.7 Å². The summed E-state index contributed by atoms with van der Waals surface area (Å²) in [6, 6.07) is 14.5. The van der Waals surface area contributed by atoms with Crippen LogP contribution in [0.5, 0.6) is 0 Å². The molecule has 30 heavy (non-hydrogen) atoms. The number of carbonyl (C=O) groups is 2. The van der Waals surface area contributed by atoms with Crippen molar-refractivity contribution in [2.24, 2.45) is 0 Å². The molecule has 0 N–H and O–H groups in total. The third-order valence-electron chi connectivity index (χ3n) is 4.59. The molecule has 1 amide bonds. The van der Waals surface area contributed by atoms with Gasteiger partial charge in [0.25, 0.3) is 5.91 Å². The van der Waals surface area contributed by atoms with Crippen molar-refractivity contribution in [2.75, 3.05) is 0 Å². The van der Waals surface area contributed by atoms with E-state index >= 15 is 0 Å². The average molecular weight is 537 g/mol. The summed E-state index contributed by atoms with van der Waals surface area (Å²) in [6.07, 6.45) is 0.0812. The fourth-order valence-electron chi connectivity index (χ4n) is 2.77. The molecular weight excluding hydrogens is 511 g/mol. The van der Waals surface area contributed by atoms with Crippen molar-refractivity contribution < 1.29 is 9.59 Å². The Hall–Kier alpha value is -1.11. The van der Waals surface area contributed by atoms with Gasteiger partial charge in [-0.05, 0) is 52.9 Å². The van der Waals surface area contributed by atoms with Crippen LogP contribution in [0.2, 0.25) is 0 Å². The first kappa shape index (κ1) is 26.9. The van der Waals surface area contributed by atoms with E-state index in [1.165, 1.54) is 0 Å². The molecule has 0 bridgehead atoms. The fourth-order valence-corrected chi connectivity index (χ4v) is 3.65. The van der Waals surface area contributed by atoms with Crippen molar-refractivity contribution in [1.82, 2.24) is 9.06 Å². The van der Waals surface area contributed by atoms with Gasteiger partial charge in [-0.1, -0.05) is 57.2 Å². The number of hydrogen-bond donors (Lipinski definition) is 0. The predicted molar refractivity (Wildman–Crippen MR) is 129 cm³/mol. The second kappa shape index (κ2) is 10.5. The molecule has 0 spiro atoms. The zero-order valence-corrected chi connectivity index (χ0v) is 21.5. The van der Waals surface area contributed by atoms with Crippen molar-refractivity contribution in [1.29, 1.82) is 0 Å². The van der Waals surface area contributed by atoms with Crippen LogP contribution in [-0.4, -0.2) is 26.3 Å². The van der Waals surface area contributed by atoms with Gasteiger partial charge in [0.15, 0.2) is 5.78 Å². The summed E-state index contributed by atoms with van der Waals surface area (Å²) in [7, 11) is 0. The highest BCUT2D eigenvalue weighted by Crippen LogP contribution is 2.30. The SMILES string of the molecule is CC(C)(C)c1ccc(C(=O)CC(C)(C)N(Cl)N(Cl)C(=O)c2ccccc2Br)cc1.Cl. The van der Waals surface area contributed by atoms with Crippen LogP contribution >= 0.6 is 51.9 Å². The van der Waals surface area contributed by atoms with Gasteiger partial charge in [-0.2, -0.15) is 4.53 Å². The van der Waals surface area contributed by atoms with Crippen LogP contribution in [0, 0.1) is 0 Å². The molecular formula is C22H26BrCl3N2O2. The quantitative estimate of drug-likeness (QED) is 0.223. The Bertz CT molecular complexity index is 896. The van der Waals surface area contributed by atoms with Gasteiger partial charge in [-0.15, -0.1) is 16.9 Å². The third kappa shape index (κ3) is 6.44. The molecule has 0 atom stereocenters. The number of carbonyl (C=O) groups excluding carboxylic acids is 2. The van der Waals surface area contributed by atoms with Gasteiger partial charge in [-0.25, -0.2) is 0 Å². The highest BCUT2D eigenvalue weighted by molar-refractivity contribution is 9.10. The van der Waals surface area contributed by atoms with Gasteiger partial charge in [-0.3, -0.25) is 9.59 Å². The Morgan fingerprint density at radius 2 is 1.47 bits per heavy atom. The van der Waals surface area contributed by atoms with E-state index < -0.39 is 11.4 Å². The van der Waals surface area contributed by atoms with Crippen LogP contribution in [0.4, 0.5) is 0 Å². The van der Waals surface area contributed by atoms with Gasteiger partial charge >= 0.3 is 0 Å². The Balaban J connectivity index is 0.00000450. The van der Waals surface area contributed by atoms with Crippen molar-refractivity contribution >= 4 is 63.6 Å². The Morgan fingerprint density at radius 1 is 0.933 bits per heavy atom. The van der Waals surface area contributed by atoms with Crippen LogP contribution in [0.1, 0.15) is 67.3 Å². The average Bonchev–Trinajstić information content (AvgIpc) is 2.65. The molecule has 0 aromatic heterocycles. The number of halogens is 4. The minimum absolute atomic E-state index is 0. The predicted octanol–water partition coefficient (Wildman–Crippen LogP) is 7.19. The maximum atomic E-state index is 12.8. The first-order chi connectivity index (χ1) is 13.3. The normalized spacial score (nSPS) is 11.8. The number of Topliss-reactive ketones (excluding diaryl/α,β-unsaturated/α-hetero) is 1. The third-order valence-corrected chi connectivity index (χ3v) is 6.27. The second-order valence-corrected chi connectivity index (χ2v) is 10.0. The summed E-state index contributed by atoms with van der Waals surface area (Å²) in [6.45, 7) is 9.87. The molecule has 2 aromatic carbocycles. The van der Waals surface area contributed by atoms with Crippen LogP contribution in [0.25, 0.3) is 0 Å². The van der Waals surface area contributed by atoms with E-state index in [1.807, 2.05) is 24.3 Å². The van der Waals surface area contributed by atoms with Crippen molar-refractivity contribution in [3.63, 3.8) is 0 Å². The number of amides is 1. The molecule has 4 nitrogen and oxygen atoms in total. The minimum atomic E-state index is -0.903. The lowest BCUT2D eigenvalue weighted by molar-refractivity contribution is 0.0373. The second-order valence-electron chi connectivity index (χ2n) is 8.54. The summed E-state index contributed by atoms with van der Waals surface area (Å²) < 4.78 is 2.48. The lowest BCUT2D eigenvalue weighted by Gasteiger charge is -2.36. The largest absolute Gasteiger partial charge is 0.294 e. The van der Waals surface area contributed by atoms with E-state index in [2.05, 4.69) is 36.7 Å². The molecule has 0 saturated heterocycles. The number of rotatable bonds is 6. The van der Waals surface area contributed by atoms with E-state index in [9.17, 15) is 9.59 Å². The zero-order valence-electron chi connectivity index (χ0n) is 17.6. The molecule has 0 aliphatic heterocycles. The number of hydrogen-bond acceptors (Lipinski definition) is 3. The lowest BCUT2D eigenvalue weighted by Crippen LogP contribution is -2.48. The highest BCUT2D eigenvalue weighted by atomic mass is 79.9. The molecule has 164 valence electrons. The Kier molecular flexibility index (Phi) is 9.40. The number of nitrogens with zero attached hydrogens (tertiary/aromatic N) is 2.